The lowest BCUT2D eigenvalue weighted by Gasteiger charge is -2.24. The first-order chi connectivity index (χ1) is 8.18. The smallest absolute Gasteiger partial charge is 0.256 e. The van der Waals surface area contributed by atoms with E-state index in [9.17, 15) is 9.59 Å². The van der Waals surface area contributed by atoms with Gasteiger partial charge in [0.2, 0.25) is 5.91 Å². The molecule has 0 radical (unpaired) electrons. The number of nitrogens with zero attached hydrogens (tertiary/aromatic N) is 2. The average Bonchev–Trinajstić information content (AvgIpc) is 2.22. The summed E-state index contributed by atoms with van der Waals surface area (Å²) in [4.78, 5) is 27.2. The Kier molecular flexibility index (Phi) is 3.56. The molecule has 17 heavy (non-hydrogen) atoms. The monoisotopic (exact) mass is 235 g/mol. The van der Waals surface area contributed by atoms with Crippen LogP contribution in [0.4, 0.5) is 0 Å². The molecule has 2 rings (SSSR count). The van der Waals surface area contributed by atoms with Crippen molar-refractivity contribution in [2.75, 3.05) is 6.54 Å². The summed E-state index contributed by atoms with van der Waals surface area (Å²) in [5.41, 5.74) is 0.579. The van der Waals surface area contributed by atoms with Crippen molar-refractivity contribution >= 4 is 5.91 Å². The minimum Gasteiger partial charge on any atom is -0.354 e. The lowest BCUT2D eigenvalue weighted by atomic mass is 9.85. The number of rotatable bonds is 4. The van der Waals surface area contributed by atoms with Gasteiger partial charge in [-0.05, 0) is 19.8 Å². The molecule has 5 nitrogen and oxygen atoms in total. The quantitative estimate of drug-likeness (QED) is 0.825. The number of carbonyl (C=O) groups is 1. The Bertz CT molecular complexity index is 463. The number of carbonyl (C=O) groups excluding carboxylic acids is 1. The zero-order valence-electron chi connectivity index (χ0n) is 9.98. The first-order valence-corrected chi connectivity index (χ1v) is 5.97. The van der Waals surface area contributed by atoms with Crippen LogP contribution in [0.2, 0.25) is 0 Å². The fourth-order valence-corrected chi connectivity index (χ4v) is 1.83. The molecule has 0 bridgehead atoms. The minimum atomic E-state index is -0.0436. The van der Waals surface area contributed by atoms with Crippen LogP contribution in [0.25, 0.3) is 0 Å². The molecule has 1 aromatic rings. The molecule has 1 aliphatic rings. The second-order valence-electron chi connectivity index (χ2n) is 4.49. The Morgan fingerprint density at radius 3 is 3.00 bits per heavy atom. The van der Waals surface area contributed by atoms with E-state index in [0.29, 0.717) is 18.7 Å². The van der Waals surface area contributed by atoms with E-state index in [1.54, 1.807) is 13.1 Å². The highest BCUT2D eigenvalue weighted by molar-refractivity contribution is 5.79. The minimum absolute atomic E-state index is 0.0436. The number of nitrogens with one attached hydrogen (secondary N) is 1. The van der Waals surface area contributed by atoms with Gasteiger partial charge in [0.15, 0.2) is 0 Å². The highest BCUT2D eigenvalue weighted by Gasteiger charge is 2.24. The molecular weight excluding hydrogens is 218 g/mol. The van der Waals surface area contributed by atoms with Gasteiger partial charge >= 0.3 is 0 Å². The van der Waals surface area contributed by atoms with Crippen LogP contribution in [0, 0.1) is 12.8 Å². The summed E-state index contributed by atoms with van der Waals surface area (Å²) in [6.45, 7) is 2.70. The molecule has 0 atom stereocenters. The Morgan fingerprint density at radius 1 is 1.59 bits per heavy atom. The zero-order chi connectivity index (χ0) is 12.3. The van der Waals surface area contributed by atoms with Crippen molar-refractivity contribution in [3.8, 4) is 0 Å². The topological polar surface area (TPSA) is 64.0 Å². The summed E-state index contributed by atoms with van der Waals surface area (Å²) >= 11 is 0. The molecule has 1 aromatic heterocycles. The third-order valence-electron chi connectivity index (χ3n) is 3.20. The Labute approximate surface area is 99.9 Å². The predicted octanol–water partition coefficient (Wildman–Crippen LogP) is 0.468. The summed E-state index contributed by atoms with van der Waals surface area (Å²) in [7, 11) is 0. The summed E-state index contributed by atoms with van der Waals surface area (Å²) in [5, 5.41) is 2.85. The normalized spacial score (nSPS) is 15.4. The highest BCUT2D eigenvalue weighted by Crippen LogP contribution is 2.25. The molecule has 1 heterocycles. The van der Waals surface area contributed by atoms with Crippen LogP contribution in [-0.2, 0) is 11.3 Å². The fraction of sp³-hybridized carbons (Fsp3) is 0.583. The van der Waals surface area contributed by atoms with Crippen LogP contribution in [0.1, 0.15) is 24.8 Å². The Morgan fingerprint density at radius 2 is 2.35 bits per heavy atom. The van der Waals surface area contributed by atoms with E-state index in [-0.39, 0.29) is 17.4 Å². The molecule has 1 N–H and O–H groups in total. The number of hydrogen-bond acceptors (Lipinski definition) is 3. The highest BCUT2D eigenvalue weighted by atomic mass is 16.2. The van der Waals surface area contributed by atoms with Gasteiger partial charge in [-0.1, -0.05) is 6.42 Å². The molecule has 5 heteroatoms. The average molecular weight is 235 g/mol. The summed E-state index contributed by atoms with van der Waals surface area (Å²) < 4.78 is 1.52. The van der Waals surface area contributed by atoms with Crippen LogP contribution in [-0.4, -0.2) is 22.0 Å². The van der Waals surface area contributed by atoms with Crippen LogP contribution in [0.5, 0.6) is 0 Å². The van der Waals surface area contributed by atoms with Crippen molar-refractivity contribution in [1.29, 1.82) is 0 Å². The van der Waals surface area contributed by atoms with E-state index in [0.717, 1.165) is 19.3 Å². The predicted molar refractivity (Wildman–Crippen MR) is 63.6 cm³/mol. The maximum Gasteiger partial charge on any atom is 0.256 e. The molecule has 1 amide bonds. The van der Waals surface area contributed by atoms with E-state index in [1.807, 2.05) is 0 Å². The number of aromatic nitrogens is 2. The largest absolute Gasteiger partial charge is 0.354 e. The summed E-state index contributed by atoms with van der Waals surface area (Å²) in [6, 6.07) is 0. The Balaban J connectivity index is 1.83. The zero-order valence-corrected chi connectivity index (χ0v) is 9.98. The van der Waals surface area contributed by atoms with Crippen molar-refractivity contribution in [2.45, 2.75) is 32.7 Å². The maximum atomic E-state index is 11.7. The molecule has 1 fully saturated rings. The van der Waals surface area contributed by atoms with Gasteiger partial charge in [0.05, 0.1) is 6.33 Å². The van der Waals surface area contributed by atoms with Gasteiger partial charge in [0, 0.05) is 30.8 Å². The molecular formula is C12H17N3O2. The Hall–Kier alpha value is -1.65. The van der Waals surface area contributed by atoms with Crippen molar-refractivity contribution < 1.29 is 4.79 Å². The van der Waals surface area contributed by atoms with Crippen molar-refractivity contribution in [2.24, 2.45) is 5.92 Å². The van der Waals surface area contributed by atoms with Gasteiger partial charge in [-0.2, -0.15) is 0 Å². The van der Waals surface area contributed by atoms with Crippen molar-refractivity contribution in [3.05, 3.63) is 28.4 Å². The van der Waals surface area contributed by atoms with Crippen LogP contribution in [0.15, 0.2) is 17.3 Å². The molecule has 0 aromatic carbocycles. The molecule has 0 aliphatic heterocycles. The molecule has 1 aliphatic carbocycles. The fourth-order valence-electron chi connectivity index (χ4n) is 1.83. The van der Waals surface area contributed by atoms with E-state index in [2.05, 4.69) is 10.3 Å². The van der Waals surface area contributed by atoms with Gasteiger partial charge in [0.1, 0.15) is 0 Å². The molecule has 0 unspecified atom stereocenters. The number of amides is 1. The van der Waals surface area contributed by atoms with Crippen molar-refractivity contribution in [1.82, 2.24) is 14.9 Å². The first-order valence-electron chi connectivity index (χ1n) is 5.97. The van der Waals surface area contributed by atoms with Crippen LogP contribution < -0.4 is 10.9 Å². The first kappa shape index (κ1) is 11.8. The SMILES string of the molecule is Cc1cncn(CCNC(=O)C2CCC2)c1=O. The van der Waals surface area contributed by atoms with E-state index >= 15 is 0 Å². The van der Waals surface area contributed by atoms with E-state index < -0.39 is 0 Å². The van der Waals surface area contributed by atoms with Gasteiger partial charge < -0.3 is 5.32 Å². The van der Waals surface area contributed by atoms with Crippen LogP contribution in [0.3, 0.4) is 0 Å². The van der Waals surface area contributed by atoms with Crippen LogP contribution >= 0.6 is 0 Å². The molecule has 92 valence electrons. The maximum absolute atomic E-state index is 11.7. The molecule has 0 saturated heterocycles. The van der Waals surface area contributed by atoms with E-state index in [1.165, 1.54) is 10.9 Å². The molecule has 0 spiro atoms. The summed E-state index contributed by atoms with van der Waals surface area (Å²) in [5.74, 6) is 0.312. The lowest BCUT2D eigenvalue weighted by molar-refractivity contribution is -0.127. The number of aryl methyl sites for hydroxylation is 1. The van der Waals surface area contributed by atoms with Gasteiger partial charge in [-0.3, -0.25) is 14.2 Å². The second kappa shape index (κ2) is 5.12. The van der Waals surface area contributed by atoms with Gasteiger partial charge in [0.25, 0.3) is 5.56 Å². The standard InChI is InChI=1S/C12H17N3O2/c1-9-7-13-8-15(12(9)17)6-5-14-11(16)10-3-2-4-10/h7-8,10H,2-6H2,1H3,(H,14,16). The van der Waals surface area contributed by atoms with Gasteiger partial charge in [-0.15, -0.1) is 0 Å². The number of hydrogen-bond donors (Lipinski definition) is 1. The lowest BCUT2D eigenvalue weighted by Crippen LogP contribution is -2.37. The van der Waals surface area contributed by atoms with Crippen molar-refractivity contribution in [3.63, 3.8) is 0 Å². The third-order valence-corrected chi connectivity index (χ3v) is 3.20. The van der Waals surface area contributed by atoms with Gasteiger partial charge in [-0.25, -0.2) is 4.98 Å². The third kappa shape index (κ3) is 2.72. The van der Waals surface area contributed by atoms with E-state index in [4.69, 9.17) is 0 Å². The summed E-state index contributed by atoms with van der Waals surface area (Å²) in [6.07, 6.45) is 6.20. The molecule has 1 saturated carbocycles. The second-order valence-corrected chi connectivity index (χ2v) is 4.49.